The highest BCUT2D eigenvalue weighted by atomic mass is 79.9. The number of aromatic nitrogens is 1. The van der Waals surface area contributed by atoms with Gasteiger partial charge in [0.2, 0.25) is 0 Å². The lowest BCUT2D eigenvalue weighted by atomic mass is 10.1. The molecule has 0 unspecified atom stereocenters. The molecule has 1 aromatic carbocycles. The Balaban J connectivity index is 2.81. The smallest absolute Gasteiger partial charge is 0.354 e. The van der Waals surface area contributed by atoms with E-state index < -0.39 is 5.97 Å². The zero-order chi connectivity index (χ0) is 12.6. The standard InChI is InChI=1S/C12H11BrN2O2/c1-15(2)11-9-6-8(13)4-3-7(9)5-10(14-11)12(16)17/h3-6H,1-2H3,(H,16,17). The van der Waals surface area contributed by atoms with Gasteiger partial charge in [0.1, 0.15) is 5.82 Å². The van der Waals surface area contributed by atoms with E-state index in [9.17, 15) is 4.79 Å². The maximum atomic E-state index is 11.0. The predicted molar refractivity (Wildman–Crippen MR) is 70.7 cm³/mol. The quantitative estimate of drug-likeness (QED) is 0.925. The minimum atomic E-state index is -1.02. The van der Waals surface area contributed by atoms with Gasteiger partial charge in [-0.15, -0.1) is 0 Å². The molecule has 0 aliphatic carbocycles. The van der Waals surface area contributed by atoms with Gasteiger partial charge in [0.05, 0.1) is 0 Å². The number of pyridine rings is 1. The molecule has 0 bridgehead atoms. The lowest BCUT2D eigenvalue weighted by molar-refractivity contribution is 0.0691. The van der Waals surface area contributed by atoms with Crippen LogP contribution < -0.4 is 4.90 Å². The Morgan fingerprint density at radius 3 is 2.65 bits per heavy atom. The molecular formula is C12H11BrN2O2. The van der Waals surface area contributed by atoms with Crippen LogP contribution in [0.3, 0.4) is 0 Å². The van der Waals surface area contributed by atoms with Crippen molar-refractivity contribution in [1.82, 2.24) is 4.98 Å². The molecule has 0 radical (unpaired) electrons. The summed E-state index contributed by atoms with van der Waals surface area (Å²) in [7, 11) is 3.68. The Morgan fingerprint density at radius 1 is 1.35 bits per heavy atom. The van der Waals surface area contributed by atoms with Gasteiger partial charge in [-0.1, -0.05) is 22.0 Å². The number of rotatable bonds is 2. The van der Waals surface area contributed by atoms with Crippen LogP contribution in [0.1, 0.15) is 10.5 Å². The molecule has 5 heteroatoms. The number of halogens is 1. The summed E-state index contributed by atoms with van der Waals surface area (Å²) < 4.78 is 0.943. The largest absolute Gasteiger partial charge is 0.477 e. The van der Waals surface area contributed by atoms with Gasteiger partial charge in [-0.3, -0.25) is 0 Å². The van der Waals surface area contributed by atoms with E-state index in [1.165, 1.54) is 0 Å². The monoisotopic (exact) mass is 294 g/mol. The van der Waals surface area contributed by atoms with Crippen molar-refractivity contribution in [3.8, 4) is 0 Å². The fourth-order valence-electron chi connectivity index (χ4n) is 1.65. The van der Waals surface area contributed by atoms with E-state index in [1.54, 1.807) is 11.0 Å². The van der Waals surface area contributed by atoms with Crippen molar-refractivity contribution in [3.63, 3.8) is 0 Å². The van der Waals surface area contributed by atoms with Gasteiger partial charge in [0, 0.05) is 24.0 Å². The Hall–Kier alpha value is -1.62. The highest BCUT2D eigenvalue weighted by molar-refractivity contribution is 9.10. The van der Waals surface area contributed by atoms with E-state index in [-0.39, 0.29) is 5.69 Å². The Bertz CT molecular complexity index is 596. The second-order valence-electron chi connectivity index (χ2n) is 3.90. The van der Waals surface area contributed by atoms with Crippen LogP contribution >= 0.6 is 15.9 Å². The van der Waals surface area contributed by atoms with Gasteiger partial charge >= 0.3 is 5.97 Å². The molecule has 2 rings (SSSR count). The zero-order valence-corrected chi connectivity index (χ0v) is 11.0. The fraction of sp³-hybridized carbons (Fsp3) is 0.167. The van der Waals surface area contributed by atoms with Crippen molar-refractivity contribution in [2.45, 2.75) is 0 Å². The number of fused-ring (bicyclic) bond motifs is 1. The highest BCUT2D eigenvalue weighted by Crippen LogP contribution is 2.27. The van der Waals surface area contributed by atoms with Crippen molar-refractivity contribution in [2.75, 3.05) is 19.0 Å². The van der Waals surface area contributed by atoms with Crippen LogP contribution in [-0.2, 0) is 0 Å². The number of aromatic carboxylic acids is 1. The molecule has 0 atom stereocenters. The van der Waals surface area contributed by atoms with Gasteiger partial charge in [-0.05, 0) is 23.6 Å². The first-order valence-electron chi connectivity index (χ1n) is 5.00. The summed E-state index contributed by atoms with van der Waals surface area (Å²) in [4.78, 5) is 16.9. The van der Waals surface area contributed by atoms with Crippen molar-refractivity contribution in [2.24, 2.45) is 0 Å². The molecule has 0 fully saturated rings. The Labute approximate surface area is 107 Å². The molecule has 1 heterocycles. The number of carbonyl (C=O) groups is 1. The van der Waals surface area contributed by atoms with Crippen LogP contribution in [0.25, 0.3) is 10.8 Å². The first-order chi connectivity index (χ1) is 7.99. The molecule has 2 aromatic rings. The highest BCUT2D eigenvalue weighted by Gasteiger charge is 2.12. The van der Waals surface area contributed by atoms with Crippen LogP contribution in [0.4, 0.5) is 5.82 Å². The van der Waals surface area contributed by atoms with Gasteiger partial charge in [0.25, 0.3) is 0 Å². The normalized spacial score (nSPS) is 10.5. The first-order valence-corrected chi connectivity index (χ1v) is 5.79. The number of anilines is 1. The molecule has 4 nitrogen and oxygen atoms in total. The van der Waals surface area contributed by atoms with Crippen molar-refractivity contribution in [3.05, 3.63) is 34.4 Å². The average Bonchev–Trinajstić information content (AvgIpc) is 2.27. The Kier molecular flexibility index (Phi) is 3.02. The van der Waals surface area contributed by atoms with Crippen LogP contribution in [0.5, 0.6) is 0 Å². The van der Waals surface area contributed by atoms with E-state index in [0.717, 1.165) is 15.2 Å². The molecule has 0 amide bonds. The molecular weight excluding hydrogens is 284 g/mol. The fourth-order valence-corrected chi connectivity index (χ4v) is 2.01. The first kappa shape index (κ1) is 11.9. The maximum absolute atomic E-state index is 11.0. The second-order valence-corrected chi connectivity index (χ2v) is 4.81. The zero-order valence-electron chi connectivity index (χ0n) is 9.44. The molecule has 0 saturated heterocycles. The summed E-state index contributed by atoms with van der Waals surface area (Å²) in [5.41, 5.74) is 0.0588. The van der Waals surface area contributed by atoms with E-state index in [4.69, 9.17) is 5.11 Å². The van der Waals surface area contributed by atoms with Crippen molar-refractivity contribution < 1.29 is 9.90 Å². The molecule has 0 spiro atoms. The van der Waals surface area contributed by atoms with Gasteiger partial charge in [-0.25, -0.2) is 9.78 Å². The number of nitrogens with zero attached hydrogens (tertiary/aromatic N) is 2. The molecule has 1 aromatic heterocycles. The molecule has 1 N–H and O–H groups in total. The third-order valence-corrected chi connectivity index (χ3v) is 2.91. The summed E-state index contributed by atoms with van der Waals surface area (Å²) in [6.07, 6.45) is 0. The maximum Gasteiger partial charge on any atom is 0.354 e. The summed E-state index contributed by atoms with van der Waals surface area (Å²) >= 11 is 3.40. The average molecular weight is 295 g/mol. The minimum Gasteiger partial charge on any atom is -0.477 e. The summed E-state index contributed by atoms with van der Waals surface area (Å²) in [5.74, 6) is -0.362. The van der Waals surface area contributed by atoms with Gasteiger partial charge < -0.3 is 10.0 Å². The second kappa shape index (κ2) is 4.33. The van der Waals surface area contributed by atoms with E-state index >= 15 is 0 Å². The molecule has 0 aliphatic heterocycles. The lowest BCUT2D eigenvalue weighted by Gasteiger charge is -2.15. The van der Waals surface area contributed by atoms with Crippen molar-refractivity contribution >= 4 is 38.5 Å². The SMILES string of the molecule is CN(C)c1nc(C(=O)O)cc2ccc(Br)cc12. The lowest BCUT2D eigenvalue weighted by Crippen LogP contribution is -2.13. The summed E-state index contributed by atoms with van der Waals surface area (Å²) in [6.45, 7) is 0. The number of carboxylic acids is 1. The Morgan fingerprint density at radius 2 is 2.06 bits per heavy atom. The summed E-state index contributed by atoms with van der Waals surface area (Å²) in [5, 5.41) is 10.8. The van der Waals surface area contributed by atoms with E-state index in [1.807, 2.05) is 32.3 Å². The number of hydrogen-bond acceptors (Lipinski definition) is 3. The van der Waals surface area contributed by atoms with Crippen LogP contribution in [0, 0.1) is 0 Å². The van der Waals surface area contributed by atoms with E-state index in [0.29, 0.717) is 5.82 Å². The number of carboxylic acid groups (broad SMARTS) is 1. The van der Waals surface area contributed by atoms with Crippen LogP contribution in [0.2, 0.25) is 0 Å². The molecule has 0 saturated carbocycles. The summed E-state index contributed by atoms with van der Waals surface area (Å²) in [6, 6.07) is 7.27. The van der Waals surface area contributed by atoms with E-state index in [2.05, 4.69) is 20.9 Å². The molecule has 88 valence electrons. The third kappa shape index (κ3) is 2.24. The molecule has 17 heavy (non-hydrogen) atoms. The molecule has 0 aliphatic rings. The number of hydrogen-bond donors (Lipinski definition) is 1. The topological polar surface area (TPSA) is 53.4 Å². The third-order valence-electron chi connectivity index (χ3n) is 2.42. The number of benzene rings is 1. The van der Waals surface area contributed by atoms with Gasteiger partial charge in [0.15, 0.2) is 5.69 Å². The van der Waals surface area contributed by atoms with Crippen LogP contribution in [-0.4, -0.2) is 30.2 Å². The van der Waals surface area contributed by atoms with Gasteiger partial charge in [-0.2, -0.15) is 0 Å². The predicted octanol–water partition coefficient (Wildman–Crippen LogP) is 2.76. The minimum absolute atomic E-state index is 0.0588. The van der Waals surface area contributed by atoms with Crippen molar-refractivity contribution in [1.29, 1.82) is 0 Å². The van der Waals surface area contributed by atoms with Crippen LogP contribution in [0.15, 0.2) is 28.7 Å².